The first-order chi connectivity index (χ1) is 10.3. The predicted octanol–water partition coefficient (Wildman–Crippen LogP) is 3.30. The maximum atomic E-state index is 9.37. The lowest BCUT2D eigenvalue weighted by molar-refractivity contribution is 0.117. The summed E-state index contributed by atoms with van der Waals surface area (Å²) in [5, 5.41) is 9.37. The molecule has 3 rings (SSSR count). The Morgan fingerprint density at radius 3 is 2.57 bits per heavy atom. The summed E-state index contributed by atoms with van der Waals surface area (Å²) in [6, 6.07) is 4.62. The van der Waals surface area contributed by atoms with Gasteiger partial charge in [0.25, 0.3) is 0 Å². The molecular formula is C16H22BrNO3. The molecule has 0 aromatic heterocycles. The monoisotopic (exact) mass is 355 g/mol. The van der Waals surface area contributed by atoms with Gasteiger partial charge >= 0.3 is 0 Å². The van der Waals surface area contributed by atoms with Crippen LogP contribution in [0.2, 0.25) is 0 Å². The molecule has 0 saturated heterocycles. The first kappa shape index (κ1) is 15.1. The first-order valence-electron chi connectivity index (χ1n) is 7.71. The van der Waals surface area contributed by atoms with Gasteiger partial charge in [0.05, 0.1) is 6.61 Å². The Balaban J connectivity index is 1.75. The molecule has 0 atom stereocenters. The molecule has 1 aliphatic carbocycles. The smallest absolute Gasteiger partial charge is 0.231 e. The summed E-state index contributed by atoms with van der Waals surface area (Å²) in [7, 11) is 0. The van der Waals surface area contributed by atoms with E-state index in [4.69, 9.17) is 9.47 Å². The molecule has 0 unspecified atom stereocenters. The van der Waals surface area contributed by atoms with Crippen molar-refractivity contribution in [2.24, 2.45) is 0 Å². The zero-order valence-electron chi connectivity index (χ0n) is 12.2. The molecule has 1 heterocycles. The Morgan fingerprint density at radius 1 is 1.14 bits per heavy atom. The molecule has 0 bridgehead atoms. The summed E-state index contributed by atoms with van der Waals surface area (Å²) >= 11 is 3.63. The molecule has 21 heavy (non-hydrogen) atoms. The van der Waals surface area contributed by atoms with Gasteiger partial charge in [-0.1, -0.05) is 35.2 Å². The minimum Gasteiger partial charge on any atom is -0.454 e. The molecule has 116 valence electrons. The second-order valence-electron chi connectivity index (χ2n) is 5.78. The van der Waals surface area contributed by atoms with Gasteiger partial charge in [0, 0.05) is 23.6 Å². The second kappa shape index (κ2) is 6.99. The number of nitrogens with zero attached hydrogens (tertiary/aromatic N) is 1. The molecule has 1 aromatic carbocycles. The Kier molecular flexibility index (Phi) is 5.03. The van der Waals surface area contributed by atoms with Crippen LogP contribution in [0.15, 0.2) is 16.6 Å². The van der Waals surface area contributed by atoms with Crippen molar-refractivity contribution in [3.63, 3.8) is 0 Å². The molecule has 1 fully saturated rings. The van der Waals surface area contributed by atoms with E-state index in [-0.39, 0.29) is 6.61 Å². The van der Waals surface area contributed by atoms with E-state index in [0.29, 0.717) is 12.8 Å². The second-order valence-corrected chi connectivity index (χ2v) is 6.64. The largest absolute Gasteiger partial charge is 0.454 e. The highest BCUT2D eigenvalue weighted by Crippen LogP contribution is 2.37. The molecular weight excluding hydrogens is 334 g/mol. The van der Waals surface area contributed by atoms with Crippen LogP contribution >= 0.6 is 15.9 Å². The first-order valence-corrected chi connectivity index (χ1v) is 8.50. The number of hydrogen-bond donors (Lipinski definition) is 1. The lowest BCUT2D eigenvalue weighted by atomic mass is 9.94. The average molecular weight is 356 g/mol. The normalized spacial score (nSPS) is 18.4. The Hall–Kier alpha value is -0.780. The van der Waals surface area contributed by atoms with Crippen molar-refractivity contribution in [1.82, 2.24) is 4.90 Å². The van der Waals surface area contributed by atoms with Crippen molar-refractivity contribution in [1.29, 1.82) is 0 Å². The van der Waals surface area contributed by atoms with Crippen LogP contribution in [0, 0.1) is 0 Å². The maximum Gasteiger partial charge on any atom is 0.231 e. The molecule has 5 heteroatoms. The highest BCUT2D eigenvalue weighted by atomic mass is 79.9. The van der Waals surface area contributed by atoms with Crippen LogP contribution in [-0.2, 0) is 6.54 Å². The number of rotatable bonds is 5. The third kappa shape index (κ3) is 3.52. The van der Waals surface area contributed by atoms with E-state index in [2.05, 4.69) is 26.9 Å². The number of aliphatic hydroxyl groups excluding tert-OH is 1. The fraction of sp³-hybridized carbons (Fsp3) is 0.625. The number of fused-ring (bicyclic) bond motifs is 1. The van der Waals surface area contributed by atoms with Crippen LogP contribution in [-0.4, -0.2) is 36.0 Å². The molecule has 1 saturated carbocycles. The van der Waals surface area contributed by atoms with E-state index in [1.165, 1.54) is 37.7 Å². The van der Waals surface area contributed by atoms with E-state index in [1.54, 1.807) is 0 Å². The Bertz CT molecular complexity index is 489. The number of benzene rings is 1. The van der Waals surface area contributed by atoms with E-state index >= 15 is 0 Å². The van der Waals surface area contributed by atoms with Crippen molar-refractivity contribution in [3.8, 4) is 11.5 Å². The number of hydrogen-bond acceptors (Lipinski definition) is 4. The maximum absolute atomic E-state index is 9.37. The van der Waals surface area contributed by atoms with E-state index in [0.717, 1.165) is 29.1 Å². The SMILES string of the molecule is OCCN(Cc1cc2c(cc1Br)OCO2)C1CCCCC1. The standard InChI is InChI=1S/C16H22BrNO3/c17-14-9-16-15(20-11-21-16)8-12(14)10-18(6-7-19)13-4-2-1-3-5-13/h8-9,13,19H,1-7,10-11H2. The van der Waals surface area contributed by atoms with Gasteiger partial charge in [-0.15, -0.1) is 0 Å². The van der Waals surface area contributed by atoms with Gasteiger partial charge < -0.3 is 14.6 Å². The quantitative estimate of drug-likeness (QED) is 0.879. The van der Waals surface area contributed by atoms with Gasteiger partial charge in [0.1, 0.15) is 0 Å². The molecule has 0 amide bonds. The highest BCUT2D eigenvalue weighted by molar-refractivity contribution is 9.10. The highest BCUT2D eigenvalue weighted by Gasteiger charge is 2.23. The lowest BCUT2D eigenvalue weighted by Crippen LogP contribution is -2.38. The van der Waals surface area contributed by atoms with Gasteiger partial charge in [-0.25, -0.2) is 0 Å². The zero-order valence-corrected chi connectivity index (χ0v) is 13.8. The van der Waals surface area contributed by atoms with Crippen molar-refractivity contribution in [2.75, 3.05) is 19.9 Å². The molecule has 2 aliphatic rings. The molecule has 1 N–H and O–H groups in total. The van der Waals surface area contributed by atoms with Crippen LogP contribution in [0.3, 0.4) is 0 Å². The number of halogens is 1. The molecule has 4 nitrogen and oxygen atoms in total. The van der Waals surface area contributed by atoms with Gasteiger partial charge in [-0.05, 0) is 30.5 Å². The van der Waals surface area contributed by atoms with Crippen LogP contribution in [0.5, 0.6) is 11.5 Å². The van der Waals surface area contributed by atoms with Gasteiger partial charge in [-0.3, -0.25) is 4.90 Å². The summed E-state index contributed by atoms with van der Waals surface area (Å²) in [6.45, 7) is 2.07. The van der Waals surface area contributed by atoms with Crippen LogP contribution in [0.4, 0.5) is 0 Å². The van der Waals surface area contributed by atoms with Crippen LogP contribution in [0.25, 0.3) is 0 Å². The van der Waals surface area contributed by atoms with Crippen molar-refractivity contribution in [2.45, 2.75) is 44.7 Å². The predicted molar refractivity (Wildman–Crippen MR) is 84.6 cm³/mol. The summed E-state index contributed by atoms with van der Waals surface area (Å²) in [6.07, 6.45) is 6.42. The molecule has 1 aromatic rings. The number of aliphatic hydroxyl groups is 1. The van der Waals surface area contributed by atoms with Crippen molar-refractivity contribution < 1.29 is 14.6 Å². The summed E-state index contributed by atoms with van der Waals surface area (Å²) in [5.41, 5.74) is 1.19. The third-order valence-electron chi connectivity index (χ3n) is 4.39. The third-order valence-corrected chi connectivity index (χ3v) is 5.13. The Labute approximate surface area is 134 Å². The fourth-order valence-corrected chi connectivity index (χ4v) is 3.71. The lowest BCUT2D eigenvalue weighted by Gasteiger charge is -2.34. The average Bonchev–Trinajstić information content (AvgIpc) is 2.95. The minimum absolute atomic E-state index is 0.207. The van der Waals surface area contributed by atoms with Crippen LogP contribution < -0.4 is 9.47 Å². The molecule has 1 aliphatic heterocycles. The summed E-state index contributed by atoms with van der Waals surface area (Å²) in [4.78, 5) is 2.40. The minimum atomic E-state index is 0.207. The van der Waals surface area contributed by atoms with Gasteiger partial charge in [0.2, 0.25) is 6.79 Å². The zero-order chi connectivity index (χ0) is 14.7. The van der Waals surface area contributed by atoms with E-state index in [9.17, 15) is 5.11 Å². The Morgan fingerprint density at radius 2 is 1.86 bits per heavy atom. The van der Waals surface area contributed by atoms with Gasteiger partial charge in [0.15, 0.2) is 11.5 Å². The van der Waals surface area contributed by atoms with Crippen molar-refractivity contribution >= 4 is 15.9 Å². The van der Waals surface area contributed by atoms with Crippen molar-refractivity contribution in [3.05, 3.63) is 22.2 Å². The fourth-order valence-electron chi connectivity index (χ4n) is 3.26. The van der Waals surface area contributed by atoms with Crippen LogP contribution in [0.1, 0.15) is 37.7 Å². The number of ether oxygens (including phenoxy) is 2. The van der Waals surface area contributed by atoms with Gasteiger partial charge in [-0.2, -0.15) is 0 Å². The molecule has 0 spiro atoms. The topological polar surface area (TPSA) is 41.9 Å². The summed E-state index contributed by atoms with van der Waals surface area (Å²) < 4.78 is 11.9. The van der Waals surface area contributed by atoms with E-state index < -0.39 is 0 Å². The molecule has 0 radical (unpaired) electrons. The summed E-state index contributed by atoms with van der Waals surface area (Å²) in [5.74, 6) is 1.62. The van der Waals surface area contributed by atoms with E-state index in [1.807, 2.05) is 6.07 Å².